The predicted molar refractivity (Wildman–Crippen MR) is 139 cm³/mol. The Kier molecular flexibility index (Phi) is 7.53. The lowest BCUT2D eigenvalue weighted by Gasteiger charge is -2.39. The fourth-order valence-electron chi connectivity index (χ4n) is 5.19. The Balaban J connectivity index is 0.00000141. The highest BCUT2D eigenvalue weighted by atomic mass is 35.5. The molecule has 2 aliphatic rings. The Morgan fingerprint density at radius 1 is 1.00 bits per heavy atom. The zero-order valence-corrected chi connectivity index (χ0v) is 21.6. The first kappa shape index (κ1) is 25.3. The van der Waals surface area contributed by atoms with Crippen LogP contribution in [0.3, 0.4) is 0 Å². The van der Waals surface area contributed by atoms with Gasteiger partial charge in [0.05, 0.1) is 12.2 Å². The topological polar surface area (TPSA) is 75.4 Å². The Labute approximate surface area is 215 Å². The Bertz CT molecular complexity index is 1270. The molecule has 0 saturated carbocycles. The molecule has 1 aliphatic carbocycles. The number of hydrogen-bond donors (Lipinski definition) is 1. The van der Waals surface area contributed by atoms with E-state index in [0.29, 0.717) is 23.1 Å². The molecule has 0 fully saturated rings. The van der Waals surface area contributed by atoms with Crippen molar-refractivity contribution < 1.29 is 9.90 Å². The molecule has 1 aliphatic heterocycles. The molecule has 184 valence electrons. The van der Waals surface area contributed by atoms with Gasteiger partial charge in [-0.25, -0.2) is 0 Å². The molecule has 8 heteroatoms. The quantitative estimate of drug-likeness (QED) is 0.493. The van der Waals surface area contributed by atoms with Crippen molar-refractivity contribution in [3.8, 4) is 5.75 Å². The molecule has 2 aromatic carbocycles. The van der Waals surface area contributed by atoms with Gasteiger partial charge in [0.2, 0.25) is 5.43 Å². The standard InChI is InChI=1S/C25H23Cl2N3O3.C2H6/c1-2-9-29-13-20(30-23(25(29)33)24(32)21(31)12-28-30)22-18-7-5-16(26)10-14(18)3-4-15-11-17(27)6-8-19(15)22;1-2/h5-8,10-12,20,22,32H,2-4,9,13H2,1H3;1-2H3/t20-;/m1./s1. The number of benzene rings is 2. The van der Waals surface area contributed by atoms with Crippen molar-refractivity contribution in [2.24, 2.45) is 0 Å². The molecule has 1 atom stereocenters. The van der Waals surface area contributed by atoms with Crippen LogP contribution in [-0.2, 0) is 12.8 Å². The third-order valence-electron chi connectivity index (χ3n) is 6.62. The summed E-state index contributed by atoms with van der Waals surface area (Å²) < 4.78 is 1.54. The van der Waals surface area contributed by atoms with E-state index in [1.807, 2.05) is 57.2 Å². The van der Waals surface area contributed by atoms with Crippen molar-refractivity contribution in [1.29, 1.82) is 0 Å². The maximum Gasteiger partial charge on any atom is 0.276 e. The van der Waals surface area contributed by atoms with Gasteiger partial charge in [0.25, 0.3) is 5.91 Å². The number of amides is 1. The van der Waals surface area contributed by atoms with Crippen LogP contribution in [0.1, 0.15) is 71.9 Å². The largest absolute Gasteiger partial charge is 0.502 e. The molecule has 1 N–H and O–H groups in total. The molecule has 35 heavy (non-hydrogen) atoms. The Morgan fingerprint density at radius 2 is 1.57 bits per heavy atom. The number of aromatic hydroxyl groups is 1. The van der Waals surface area contributed by atoms with E-state index in [-0.39, 0.29) is 23.6 Å². The van der Waals surface area contributed by atoms with Crippen LogP contribution in [0.4, 0.5) is 0 Å². The van der Waals surface area contributed by atoms with E-state index in [1.165, 1.54) is 4.68 Å². The average molecular weight is 514 g/mol. The van der Waals surface area contributed by atoms with E-state index >= 15 is 0 Å². The van der Waals surface area contributed by atoms with Crippen LogP contribution in [0, 0.1) is 0 Å². The van der Waals surface area contributed by atoms with Gasteiger partial charge >= 0.3 is 0 Å². The smallest absolute Gasteiger partial charge is 0.276 e. The number of carbonyl (C=O) groups excluding carboxylic acids is 1. The highest BCUT2D eigenvalue weighted by Crippen LogP contribution is 2.44. The van der Waals surface area contributed by atoms with Gasteiger partial charge in [0, 0.05) is 29.1 Å². The van der Waals surface area contributed by atoms with E-state index in [9.17, 15) is 14.7 Å². The molecule has 6 nitrogen and oxygen atoms in total. The van der Waals surface area contributed by atoms with E-state index in [0.717, 1.165) is 47.7 Å². The molecule has 0 saturated heterocycles. The first-order valence-corrected chi connectivity index (χ1v) is 12.8. The van der Waals surface area contributed by atoms with Gasteiger partial charge in [0.15, 0.2) is 11.4 Å². The van der Waals surface area contributed by atoms with Crippen LogP contribution in [0.15, 0.2) is 47.4 Å². The number of halogens is 2. The second-order valence-electron chi connectivity index (χ2n) is 8.63. The summed E-state index contributed by atoms with van der Waals surface area (Å²) >= 11 is 12.7. The van der Waals surface area contributed by atoms with Gasteiger partial charge < -0.3 is 10.0 Å². The van der Waals surface area contributed by atoms with E-state index in [4.69, 9.17) is 23.2 Å². The summed E-state index contributed by atoms with van der Waals surface area (Å²) in [6, 6.07) is 11.5. The summed E-state index contributed by atoms with van der Waals surface area (Å²) in [6.07, 6.45) is 3.45. The van der Waals surface area contributed by atoms with Gasteiger partial charge in [-0.1, -0.05) is 56.1 Å². The lowest BCUT2D eigenvalue weighted by Crippen LogP contribution is -2.47. The van der Waals surface area contributed by atoms with Crippen LogP contribution in [-0.4, -0.2) is 38.8 Å². The monoisotopic (exact) mass is 513 g/mol. The first-order chi connectivity index (χ1) is 16.9. The van der Waals surface area contributed by atoms with Crippen LogP contribution in [0.25, 0.3) is 0 Å². The average Bonchev–Trinajstić information content (AvgIpc) is 3.00. The predicted octanol–water partition coefficient (Wildman–Crippen LogP) is 5.62. The fourth-order valence-corrected chi connectivity index (χ4v) is 5.58. The molecular formula is C27H29Cl2N3O3. The lowest BCUT2D eigenvalue weighted by atomic mass is 9.81. The maximum absolute atomic E-state index is 13.2. The number of rotatable bonds is 3. The second kappa shape index (κ2) is 10.4. The molecule has 1 aromatic heterocycles. The molecule has 2 heterocycles. The number of aryl methyl sites for hydroxylation is 2. The van der Waals surface area contributed by atoms with Crippen molar-refractivity contribution in [3.05, 3.63) is 90.8 Å². The Hall–Kier alpha value is -2.83. The van der Waals surface area contributed by atoms with Gasteiger partial charge in [0.1, 0.15) is 0 Å². The normalized spacial score (nSPS) is 17.0. The SMILES string of the molecule is CC.CCCN1C[C@H](C2c3ccc(Cl)cc3CCc3cc(Cl)ccc32)n2ncc(=O)c(O)c2C1=O. The molecule has 0 radical (unpaired) electrons. The van der Waals surface area contributed by atoms with Crippen LogP contribution < -0.4 is 5.43 Å². The molecule has 5 rings (SSSR count). The third-order valence-corrected chi connectivity index (χ3v) is 7.09. The molecule has 3 aromatic rings. The Morgan fingerprint density at radius 3 is 2.11 bits per heavy atom. The molecule has 0 bridgehead atoms. The van der Waals surface area contributed by atoms with E-state index < -0.39 is 11.2 Å². The van der Waals surface area contributed by atoms with Gasteiger partial charge in [-0.2, -0.15) is 5.10 Å². The number of hydrogen-bond acceptors (Lipinski definition) is 4. The third kappa shape index (κ3) is 4.57. The van der Waals surface area contributed by atoms with Crippen LogP contribution in [0.5, 0.6) is 5.75 Å². The summed E-state index contributed by atoms with van der Waals surface area (Å²) in [6.45, 7) is 6.92. The summed E-state index contributed by atoms with van der Waals surface area (Å²) in [5.74, 6) is -1.10. The van der Waals surface area contributed by atoms with Gasteiger partial charge in [-0.15, -0.1) is 0 Å². The summed E-state index contributed by atoms with van der Waals surface area (Å²) in [5, 5.41) is 16.3. The van der Waals surface area contributed by atoms with Crippen LogP contribution >= 0.6 is 23.2 Å². The maximum atomic E-state index is 13.2. The van der Waals surface area contributed by atoms with Crippen LogP contribution in [0.2, 0.25) is 10.0 Å². The molecule has 1 amide bonds. The van der Waals surface area contributed by atoms with Gasteiger partial charge in [-0.3, -0.25) is 14.3 Å². The van der Waals surface area contributed by atoms with Crippen molar-refractivity contribution in [2.45, 2.75) is 52.0 Å². The zero-order valence-electron chi connectivity index (χ0n) is 20.1. The fraction of sp³-hybridized carbons (Fsp3) is 0.370. The minimum absolute atomic E-state index is 0.0533. The van der Waals surface area contributed by atoms with Crippen molar-refractivity contribution >= 4 is 29.1 Å². The zero-order chi connectivity index (χ0) is 25.3. The lowest BCUT2D eigenvalue weighted by molar-refractivity contribution is 0.0634. The van der Waals surface area contributed by atoms with Gasteiger partial charge in [-0.05, 0) is 65.8 Å². The van der Waals surface area contributed by atoms with E-state index in [1.54, 1.807) is 4.90 Å². The summed E-state index contributed by atoms with van der Waals surface area (Å²) in [5.41, 5.74) is 3.75. The first-order valence-electron chi connectivity index (χ1n) is 12.1. The number of fused-ring (bicyclic) bond motifs is 3. The number of carbonyl (C=O) groups is 1. The van der Waals surface area contributed by atoms with Crippen molar-refractivity contribution in [3.63, 3.8) is 0 Å². The molecular weight excluding hydrogens is 485 g/mol. The molecule has 0 spiro atoms. The summed E-state index contributed by atoms with van der Waals surface area (Å²) in [4.78, 5) is 27.1. The number of nitrogens with zero attached hydrogens (tertiary/aromatic N) is 3. The van der Waals surface area contributed by atoms with Crippen molar-refractivity contribution in [2.75, 3.05) is 13.1 Å². The summed E-state index contributed by atoms with van der Waals surface area (Å²) in [7, 11) is 0. The highest BCUT2D eigenvalue weighted by Gasteiger charge is 2.41. The van der Waals surface area contributed by atoms with Crippen molar-refractivity contribution in [1.82, 2.24) is 14.7 Å². The highest BCUT2D eigenvalue weighted by molar-refractivity contribution is 6.31. The minimum atomic E-state index is -0.660. The van der Waals surface area contributed by atoms with E-state index in [2.05, 4.69) is 5.10 Å². The second-order valence-corrected chi connectivity index (χ2v) is 9.51. The molecule has 0 unspecified atom stereocenters. The minimum Gasteiger partial charge on any atom is -0.502 e. The number of aromatic nitrogens is 2.